The molecule has 1 aliphatic heterocycles. The van der Waals surface area contributed by atoms with Crippen LogP contribution in [0.1, 0.15) is 18.5 Å². The highest BCUT2D eigenvalue weighted by Gasteiger charge is 2.28. The number of rotatable bonds is 5. The van der Waals surface area contributed by atoms with Crippen molar-refractivity contribution in [2.45, 2.75) is 19.0 Å². The van der Waals surface area contributed by atoms with Gasteiger partial charge in [0.15, 0.2) is 0 Å². The quantitative estimate of drug-likeness (QED) is 0.851. The normalized spacial score (nSPS) is 20.8. The summed E-state index contributed by atoms with van der Waals surface area (Å²) in [5.74, 6) is 0. The van der Waals surface area contributed by atoms with Gasteiger partial charge in [0.05, 0.1) is 12.6 Å². The third-order valence-electron chi connectivity index (χ3n) is 3.94. The van der Waals surface area contributed by atoms with E-state index in [0.29, 0.717) is 0 Å². The van der Waals surface area contributed by atoms with E-state index in [0.717, 1.165) is 37.2 Å². The number of halogens is 1. The maximum Gasteiger partial charge on any atom is 0.0558 e. The van der Waals surface area contributed by atoms with Crippen LogP contribution in [-0.2, 0) is 0 Å². The molecule has 1 aliphatic rings. The zero-order valence-electron chi connectivity index (χ0n) is 12.0. The second-order valence-corrected chi connectivity index (χ2v) is 6.28. The smallest absolute Gasteiger partial charge is 0.0558 e. The van der Waals surface area contributed by atoms with Crippen molar-refractivity contribution in [1.29, 1.82) is 0 Å². The lowest BCUT2D eigenvalue weighted by Crippen LogP contribution is -2.51. The average Bonchev–Trinajstić information content (AvgIpc) is 2.43. The fourth-order valence-corrected chi connectivity index (χ4v) is 3.45. The number of aliphatic hydroxyl groups excluding tert-OH is 1. The molecule has 0 amide bonds. The second-order valence-electron chi connectivity index (χ2n) is 5.43. The molecular formula is C15H24BrN3O. The Bertz CT molecular complexity index is 419. The van der Waals surface area contributed by atoms with Gasteiger partial charge in [-0.1, -0.05) is 34.1 Å². The molecule has 1 aromatic carbocycles. The number of nitrogens with zero attached hydrogens (tertiary/aromatic N) is 2. The molecule has 1 aromatic rings. The number of hydrogen-bond donors (Lipinski definition) is 2. The van der Waals surface area contributed by atoms with Crippen LogP contribution in [0.5, 0.6) is 0 Å². The van der Waals surface area contributed by atoms with Gasteiger partial charge in [0.25, 0.3) is 0 Å². The molecule has 1 heterocycles. The minimum atomic E-state index is 0.0816. The predicted molar refractivity (Wildman–Crippen MR) is 85.6 cm³/mol. The van der Waals surface area contributed by atoms with Crippen molar-refractivity contribution in [3.8, 4) is 0 Å². The third kappa shape index (κ3) is 3.80. The van der Waals surface area contributed by atoms with Gasteiger partial charge in [-0.3, -0.25) is 9.80 Å². The summed E-state index contributed by atoms with van der Waals surface area (Å²) >= 11 is 3.64. The second kappa shape index (κ2) is 7.52. The number of aliphatic hydroxyl groups is 1. The molecule has 0 aliphatic carbocycles. The minimum absolute atomic E-state index is 0.0816. The molecule has 4 nitrogen and oxygen atoms in total. The van der Waals surface area contributed by atoms with Crippen LogP contribution >= 0.6 is 15.9 Å². The van der Waals surface area contributed by atoms with E-state index < -0.39 is 0 Å². The molecule has 112 valence electrons. The highest BCUT2D eigenvalue weighted by atomic mass is 79.9. The highest BCUT2D eigenvalue weighted by Crippen LogP contribution is 2.30. The SMILES string of the molecule is CC(N)C(c1ccccc1Br)N1CCN(CCO)CC1. The molecule has 0 bridgehead atoms. The van der Waals surface area contributed by atoms with Gasteiger partial charge in [0.2, 0.25) is 0 Å². The molecule has 2 rings (SSSR count). The Morgan fingerprint density at radius 1 is 1.25 bits per heavy atom. The zero-order chi connectivity index (χ0) is 14.5. The monoisotopic (exact) mass is 341 g/mol. The lowest BCUT2D eigenvalue weighted by Gasteiger charge is -2.41. The van der Waals surface area contributed by atoms with Crippen molar-refractivity contribution in [2.24, 2.45) is 5.73 Å². The lowest BCUT2D eigenvalue weighted by molar-refractivity contribution is 0.0758. The van der Waals surface area contributed by atoms with Crippen LogP contribution in [0.2, 0.25) is 0 Å². The Morgan fingerprint density at radius 2 is 1.90 bits per heavy atom. The van der Waals surface area contributed by atoms with Crippen LogP contribution in [0.15, 0.2) is 28.7 Å². The fraction of sp³-hybridized carbons (Fsp3) is 0.600. The summed E-state index contributed by atoms with van der Waals surface area (Å²) in [6.07, 6.45) is 0. The van der Waals surface area contributed by atoms with Crippen molar-refractivity contribution in [2.75, 3.05) is 39.3 Å². The molecule has 2 atom stereocenters. The number of hydrogen-bond acceptors (Lipinski definition) is 4. The van der Waals surface area contributed by atoms with Gasteiger partial charge in [-0.05, 0) is 18.6 Å². The standard InChI is InChI=1S/C15H24BrN3O/c1-12(17)15(13-4-2-3-5-14(13)16)19-8-6-18(7-9-19)10-11-20/h2-5,12,15,20H,6-11,17H2,1H3. The van der Waals surface area contributed by atoms with Gasteiger partial charge >= 0.3 is 0 Å². The molecule has 0 spiro atoms. The topological polar surface area (TPSA) is 52.7 Å². The summed E-state index contributed by atoms with van der Waals surface area (Å²) in [4.78, 5) is 4.76. The van der Waals surface area contributed by atoms with E-state index in [1.165, 1.54) is 5.56 Å². The average molecular weight is 342 g/mol. The van der Waals surface area contributed by atoms with E-state index in [-0.39, 0.29) is 18.7 Å². The Kier molecular flexibility index (Phi) is 5.99. The summed E-state index contributed by atoms with van der Waals surface area (Å²) in [6, 6.07) is 8.65. The first kappa shape index (κ1) is 15.9. The molecule has 0 aromatic heterocycles. The summed E-state index contributed by atoms with van der Waals surface area (Å²) in [5.41, 5.74) is 7.51. The molecule has 5 heteroatoms. The summed E-state index contributed by atoms with van der Waals surface area (Å²) < 4.78 is 1.13. The van der Waals surface area contributed by atoms with E-state index in [1.54, 1.807) is 0 Å². The number of piperazine rings is 1. The number of benzene rings is 1. The van der Waals surface area contributed by atoms with Crippen molar-refractivity contribution in [3.05, 3.63) is 34.3 Å². The first-order valence-electron chi connectivity index (χ1n) is 7.20. The van der Waals surface area contributed by atoms with E-state index in [4.69, 9.17) is 10.8 Å². The molecular weight excluding hydrogens is 318 g/mol. The molecule has 0 radical (unpaired) electrons. The Hall–Kier alpha value is -0.460. The third-order valence-corrected chi connectivity index (χ3v) is 4.66. The van der Waals surface area contributed by atoms with Crippen LogP contribution in [0.4, 0.5) is 0 Å². The van der Waals surface area contributed by atoms with E-state index in [2.05, 4.69) is 50.9 Å². The van der Waals surface area contributed by atoms with Crippen LogP contribution in [-0.4, -0.2) is 60.3 Å². The van der Waals surface area contributed by atoms with Crippen molar-refractivity contribution in [1.82, 2.24) is 9.80 Å². The molecule has 3 N–H and O–H groups in total. The van der Waals surface area contributed by atoms with Crippen molar-refractivity contribution < 1.29 is 5.11 Å². The number of β-amino-alcohol motifs (C(OH)–C–C–N with tert-alkyl or cyclic N) is 1. The fourth-order valence-electron chi connectivity index (χ4n) is 2.93. The van der Waals surface area contributed by atoms with Gasteiger partial charge in [-0.2, -0.15) is 0 Å². The van der Waals surface area contributed by atoms with Gasteiger partial charge in [0, 0.05) is 43.2 Å². The molecule has 0 saturated carbocycles. The zero-order valence-corrected chi connectivity index (χ0v) is 13.6. The molecule has 20 heavy (non-hydrogen) atoms. The van der Waals surface area contributed by atoms with E-state index >= 15 is 0 Å². The Balaban J connectivity index is 2.09. The first-order chi connectivity index (χ1) is 9.63. The van der Waals surface area contributed by atoms with Crippen molar-refractivity contribution >= 4 is 15.9 Å². The van der Waals surface area contributed by atoms with Crippen LogP contribution < -0.4 is 5.73 Å². The molecule has 1 saturated heterocycles. The van der Waals surface area contributed by atoms with E-state index in [1.807, 2.05) is 6.07 Å². The molecule has 2 unspecified atom stereocenters. The lowest BCUT2D eigenvalue weighted by atomic mass is 9.98. The summed E-state index contributed by atoms with van der Waals surface area (Å²) in [7, 11) is 0. The summed E-state index contributed by atoms with van der Waals surface area (Å²) in [5, 5.41) is 9.01. The Labute approximate surface area is 129 Å². The van der Waals surface area contributed by atoms with Gasteiger partial charge in [-0.25, -0.2) is 0 Å². The van der Waals surface area contributed by atoms with Crippen LogP contribution in [0.3, 0.4) is 0 Å². The maximum absolute atomic E-state index is 9.01. The predicted octanol–water partition coefficient (Wildman–Crippen LogP) is 1.45. The number of nitrogens with two attached hydrogens (primary N) is 1. The van der Waals surface area contributed by atoms with Gasteiger partial charge in [0.1, 0.15) is 0 Å². The molecule has 1 fully saturated rings. The first-order valence-corrected chi connectivity index (χ1v) is 8.00. The Morgan fingerprint density at radius 3 is 2.45 bits per heavy atom. The largest absolute Gasteiger partial charge is 0.395 e. The van der Waals surface area contributed by atoms with Gasteiger partial charge < -0.3 is 10.8 Å². The summed E-state index contributed by atoms with van der Waals surface area (Å²) in [6.45, 7) is 7.06. The van der Waals surface area contributed by atoms with Gasteiger partial charge in [-0.15, -0.1) is 0 Å². The minimum Gasteiger partial charge on any atom is -0.395 e. The maximum atomic E-state index is 9.01. The van der Waals surface area contributed by atoms with Crippen molar-refractivity contribution in [3.63, 3.8) is 0 Å². The van der Waals surface area contributed by atoms with Crippen LogP contribution in [0, 0.1) is 0 Å². The van der Waals surface area contributed by atoms with Crippen LogP contribution in [0.25, 0.3) is 0 Å². The van der Waals surface area contributed by atoms with E-state index in [9.17, 15) is 0 Å². The highest BCUT2D eigenvalue weighted by molar-refractivity contribution is 9.10.